The fourth-order valence-corrected chi connectivity index (χ4v) is 3.57. The molecule has 1 N–H and O–H groups in total. The fourth-order valence-electron chi connectivity index (χ4n) is 3.57. The third kappa shape index (κ3) is 4.11. The Bertz CT molecular complexity index is 791. The van der Waals surface area contributed by atoms with Crippen LogP contribution in [0.2, 0.25) is 0 Å². The molecule has 0 saturated carbocycles. The molecule has 27 heavy (non-hydrogen) atoms. The van der Waals surface area contributed by atoms with Crippen molar-refractivity contribution >= 4 is 17.5 Å². The van der Waals surface area contributed by atoms with Crippen molar-refractivity contribution in [2.75, 3.05) is 38.0 Å². The predicted molar refractivity (Wildman–Crippen MR) is 103 cm³/mol. The number of amides is 2. The lowest BCUT2D eigenvalue weighted by atomic mass is 10.1. The largest absolute Gasteiger partial charge is 0.480 e. The van der Waals surface area contributed by atoms with Gasteiger partial charge in [0.1, 0.15) is 5.75 Å². The molecule has 2 aromatic carbocycles. The second-order valence-corrected chi connectivity index (χ2v) is 6.93. The Kier molecular flexibility index (Phi) is 5.07. The van der Waals surface area contributed by atoms with Gasteiger partial charge in [-0.1, -0.05) is 36.4 Å². The highest BCUT2D eigenvalue weighted by Crippen LogP contribution is 2.29. The van der Waals surface area contributed by atoms with E-state index in [2.05, 4.69) is 10.2 Å². The summed E-state index contributed by atoms with van der Waals surface area (Å²) in [4.78, 5) is 28.8. The summed E-state index contributed by atoms with van der Waals surface area (Å²) in [5.41, 5.74) is 1.89. The summed E-state index contributed by atoms with van der Waals surface area (Å²) in [6, 6.07) is 17.2. The molecule has 0 aromatic heterocycles. The smallest absolute Gasteiger partial charge is 0.264 e. The van der Waals surface area contributed by atoms with Gasteiger partial charge in [-0.25, -0.2) is 0 Å². The molecule has 1 saturated heterocycles. The Morgan fingerprint density at radius 1 is 0.963 bits per heavy atom. The summed E-state index contributed by atoms with van der Waals surface area (Å²) in [5, 5.41) is 2.90. The first-order valence-electron chi connectivity index (χ1n) is 9.29. The Morgan fingerprint density at radius 2 is 1.67 bits per heavy atom. The Hall–Kier alpha value is -2.86. The van der Waals surface area contributed by atoms with Crippen LogP contribution >= 0.6 is 0 Å². The molecular weight excluding hydrogens is 342 g/mol. The maximum absolute atomic E-state index is 12.7. The molecule has 140 valence electrons. The lowest BCUT2D eigenvalue weighted by Gasteiger charge is -2.35. The van der Waals surface area contributed by atoms with E-state index in [-0.39, 0.29) is 11.8 Å². The quantitative estimate of drug-likeness (QED) is 0.897. The lowest BCUT2D eigenvalue weighted by Crippen LogP contribution is -2.53. The number of benzene rings is 2. The van der Waals surface area contributed by atoms with E-state index < -0.39 is 6.10 Å². The van der Waals surface area contributed by atoms with Crippen LogP contribution in [0.3, 0.4) is 0 Å². The van der Waals surface area contributed by atoms with Gasteiger partial charge in [0.05, 0.1) is 6.54 Å². The third-order valence-electron chi connectivity index (χ3n) is 5.03. The molecule has 2 aliphatic rings. The van der Waals surface area contributed by atoms with Crippen molar-refractivity contribution in [2.45, 2.75) is 12.5 Å². The van der Waals surface area contributed by atoms with Gasteiger partial charge in [0.25, 0.3) is 5.91 Å². The van der Waals surface area contributed by atoms with Gasteiger partial charge >= 0.3 is 0 Å². The van der Waals surface area contributed by atoms with E-state index in [4.69, 9.17) is 4.74 Å². The SMILES string of the molecule is O=C(CN1CCN(C(=O)C2Cc3ccccc3O2)CC1)Nc1ccccc1. The normalized spacial score (nSPS) is 19.3. The standard InChI is InChI=1S/C21H23N3O3/c25-20(22-17-7-2-1-3-8-17)15-23-10-12-24(13-11-23)21(26)19-14-16-6-4-5-9-18(16)27-19/h1-9,19H,10-15H2,(H,22,25). The van der Waals surface area contributed by atoms with E-state index in [1.54, 1.807) is 0 Å². The third-order valence-corrected chi connectivity index (χ3v) is 5.03. The first-order chi connectivity index (χ1) is 13.2. The van der Waals surface area contributed by atoms with Crippen LogP contribution in [0.25, 0.3) is 0 Å². The molecule has 2 heterocycles. The second kappa shape index (κ2) is 7.80. The maximum Gasteiger partial charge on any atom is 0.264 e. The highest BCUT2D eigenvalue weighted by atomic mass is 16.5. The molecule has 0 aliphatic carbocycles. The molecular formula is C21H23N3O3. The molecule has 0 spiro atoms. The van der Waals surface area contributed by atoms with E-state index in [1.165, 1.54) is 0 Å². The van der Waals surface area contributed by atoms with Crippen molar-refractivity contribution < 1.29 is 14.3 Å². The molecule has 6 heteroatoms. The summed E-state index contributed by atoms with van der Waals surface area (Å²) in [7, 11) is 0. The van der Waals surface area contributed by atoms with Gasteiger partial charge in [0, 0.05) is 38.3 Å². The van der Waals surface area contributed by atoms with E-state index in [1.807, 2.05) is 59.5 Å². The molecule has 2 aliphatic heterocycles. The number of carbonyl (C=O) groups is 2. The summed E-state index contributed by atoms with van der Waals surface area (Å²) in [5.74, 6) is 0.821. The summed E-state index contributed by atoms with van der Waals surface area (Å²) < 4.78 is 5.81. The van der Waals surface area contributed by atoms with Gasteiger partial charge in [0.2, 0.25) is 5.91 Å². The number of ether oxygens (including phenoxy) is 1. The van der Waals surface area contributed by atoms with Crippen LogP contribution in [0.5, 0.6) is 5.75 Å². The van der Waals surface area contributed by atoms with E-state index >= 15 is 0 Å². The number of hydrogen-bond donors (Lipinski definition) is 1. The number of nitrogens with one attached hydrogen (secondary N) is 1. The first kappa shape index (κ1) is 17.5. The van der Waals surface area contributed by atoms with E-state index in [9.17, 15) is 9.59 Å². The van der Waals surface area contributed by atoms with Gasteiger partial charge < -0.3 is 15.0 Å². The van der Waals surface area contributed by atoms with Crippen molar-refractivity contribution in [1.82, 2.24) is 9.80 Å². The monoisotopic (exact) mass is 365 g/mol. The number of fused-ring (bicyclic) bond motifs is 1. The van der Waals surface area contributed by atoms with Crippen LogP contribution in [0.4, 0.5) is 5.69 Å². The number of rotatable bonds is 4. The van der Waals surface area contributed by atoms with Gasteiger partial charge in [-0.3, -0.25) is 14.5 Å². The van der Waals surface area contributed by atoms with Crippen molar-refractivity contribution in [3.63, 3.8) is 0 Å². The Balaban J connectivity index is 1.24. The number of piperazine rings is 1. The minimum absolute atomic E-state index is 0.0319. The minimum Gasteiger partial charge on any atom is -0.480 e. The zero-order valence-electron chi connectivity index (χ0n) is 15.1. The second-order valence-electron chi connectivity index (χ2n) is 6.93. The molecule has 6 nitrogen and oxygen atoms in total. The number of carbonyl (C=O) groups excluding carboxylic acids is 2. The first-order valence-corrected chi connectivity index (χ1v) is 9.29. The van der Waals surface area contributed by atoms with Crippen molar-refractivity contribution in [3.05, 3.63) is 60.2 Å². The van der Waals surface area contributed by atoms with Crippen LogP contribution in [-0.4, -0.2) is 60.4 Å². The van der Waals surface area contributed by atoms with Crippen LogP contribution in [-0.2, 0) is 16.0 Å². The van der Waals surface area contributed by atoms with Crippen molar-refractivity contribution in [1.29, 1.82) is 0 Å². The average molecular weight is 365 g/mol. The van der Waals surface area contributed by atoms with Crippen LogP contribution in [0.1, 0.15) is 5.56 Å². The fraction of sp³-hybridized carbons (Fsp3) is 0.333. The summed E-state index contributed by atoms with van der Waals surface area (Å²) >= 11 is 0. The average Bonchev–Trinajstić information content (AvgIpc) is 3.13. The topological polar surface area (TPSA) is 61.9 Å². The molecule has 0 bridgehead atoms. The molecule has 0 radical (unpaired) electrons. The van der Waals surface area contributed by atoms with Crippen LogP contribution in [0.15, 0.2) is 54.6 Å². The van der Waals surface area contributed by atoms with Crippen molar-refractivity contribution in [3.8, 4) is 5.75 Å². The van der Waals surface area contributed by atoms with E-state index in [0.717, 1.165) is 17.0 Å². The van der Waals surface area contributed by atoms with Gasteiger partial charge in [-0.15, -0.1) is 0 Å². The molecule has 2 amide bonds. The number of para-hydroxylation sites is 2. The predicted octanol–water partition coefficient (Wildman–Crippen LogP) is 1.77. The Labute approximate surface area is 158 Å². The summed E-state index contributed by atoms with van der Waals surface area (Å²) in [6.07, 6.45) is 0.213. The van der Waals surface area contributed by atoms with Gasteiger partial charge in [-0.05, 0) is 23.8 Å². The minimum atomic E-state index is -0.421. The summed E-state index contributed by atoms with van der Waals surface area (Å²) in [6.45, 7) is 2.95. The lowest BCUT2D eigenvalue weighted by molar-refractivity contribution is -0.139. The zero-order chi connectivity index (χ0) is 18.6. The highest BCUT2D eigenvalue weighted by molar-refractivity contribution is 5.92. The zero-order valence-corrected chi connectivity index (χ0v) is 15.1. The highest BCUT2D eigenvalue weighted by Gasteiger charge is 2.33. The molecule has 1 atom stereocenters. The van der Waals surface area contributed by atoms with Gasteiger partial charge in [0.15, 0.2) is 6.10 Å². The maximum atomic E-state index is 12.7. The molecule has 2 aromatic rings. The van der Waals surface area contributed by atoms with Gasteiger partial charge in [-0.2, -0.15) is 0 Å². The number of nitrogens with zero attached hydrogens (tertiary/aromatic N) is 2. The molecule has 1 unspecified atom stereocenters. The van der Waals surface area contributed by atoms with E-state index in [0.29, 0.717) is 39.1 Å². The molecule has 1 fully saturated rings. The number of anilines is 1. The van der Waals surface area contributed by atoms with Crippen LogP contribution in [0, 0.1) is 0 Å². The van der Waals surface area contributed by atoms with Crippen molar-refractivity contribution in [2.24, 2.45) is 0 Å². The molecule has 4 rings (SSSR count). The number of hydrogen-bond acceptors (Lipinski definition) is 4. The van der Waals surface area contributed by atoms with Crippen LogP contribution < -0.4 is 10.1 Å². The Morgan fingerprint density at radius 3 is 2.41 bits per heavy atom.